The molecule has 1 aromatic rings. The molecule has 14 heavy (non-hydrogen) atoms. The lowest BCUT2D eigenvalue weighted by Gasteiger charge is -2.39. The minimum Gasteiger partial charge on any atom is -0.485 e. The molecule has 0 aromatic heterocycles. The summed E-state index contributed by atoms with van der Waals surface area (Å²) in [5, 5.41) is 3.22. The summed E-state index contributed by atoms with van der Waals surface area (Å²) in [6.45, 7) is 4.01. The van der Waals surface area contributed by atoms with Crippen molar-refractivity contribution in [1.82, 2.24) is 5.32 Å². The van der Waals surface area contributed by atoms with E-state index in [-0.39, 0.29) is 5.60 Å². The first-order chi connectivity index (χ1) is 6.72. The average Bonchev–Trinajstić information content (AvgIpc) is 2.17. The Bertz CT molecular complexity index is 306. The summed E-state index contributed by atoms with van der Waals surface area (Å²) in [7, 11) is 0. The van der Waals surface area contributed by atoms with E-state index in [0.29, 0.717) is 0 Å². The van der Waals surface area contributed by atoms with Crippen LogP contribution in [0.25, 0.3) is 0 Å². The van der Waals surface area contributed by atoms with E-state index in [4.69, 9.17) is 4.74 Å². The van der Waals surface area contributed by atoms with Gasteiger partial charge in [-0.05, 0) is 37.4 Å². The van der Waals surface area contributed by atoms with E-state index in [2.05, 4.69) is 30.6 Å². The topological polar surface area (TPSA) is 21.3 Å². The van der Waals surface area contributed by atoms with Gasteiger partial charge in [-0.2, -0.15) is 0 Å². The van der Waals surface area contributed by atoms with Gasteiger partial charge in [0.25, 0.3) is 0 Å². The molecular weight excluding hydrogens is 194 g/mol. The number of nitrogens with one attached hydrogen (secondary N) is 1. The van der Waals surface area contributed by atoms with Crippen LogP contribution in [0, 0.1) is 0 Å². The molecule has 1 aliphatic heterocycles. The van der Waals surface area contributed by atoms with Crippen LogP contribution in [0.3, 0.4) is 0 Å². The Hall–Kier alpha value is -0.670. The molecule has 2 rings (SSSR count). The first-order valence-electron chi connectivity index (χ1n) is 4.76. The Labute approximate surface area is 89.0 Å². The lowest BCUT2D eigenvalue weighted by Crippen LogP contribution is -2.60. The quantitative estimate of drug-likeness (QED) is 0.771. The van der Waals surface area contributed by atoms with Gasteiger partial charge in [-0.3, -0.25) is 0 Å². The average molecular weight is 209 g/mol. The van der Waals surface area contributed by atoms with Crippen LogP contribution >= 0.6 is 11.8 Å². The maximum absolute atomic E-state index is 5.87. The van der Waals surface area contributed by atoms with Crippen LogP contribution < -0.4 is 10.1 Å². The van der Waals surface area contributed by atoms with Crippen LogP contribution in [-0.2, 0) is 0 Å². The fourth-order valence-electron chi connectivity index (χ4n) is 1.48. The number of benzene rings is 1. The highest BCUT2D eigenvalue weighted by Crippen LogP contribution is 2.24. The number of hydrogen-bond acceptors (Lipinski definition) is 3. The van der Waals surface area contributed by atoms with Crippen molar-refractivity contribution in [3.8, 4) is 5.75 Å². The van der Waals surface area contributed by atoms with Crippen molar-refractivity contribution in [2.24, 2.45) is 0 Å². The normalized spacial score (nSPS) is 18.7. The van der Waals surface area contributed by atoms with Crippen LogP contribution in [0.1, 0.15) is 6.92 Å². The largest absolute Gasteiger partial charge is 0.485 e. The minimum absolute atomic E-state index is 0.000867. The summed E-state index contributed by atoms with van der Waals surface area (Å²) in [6, 6.07) is 8.26. The van der Waals surface area contributed by atoms with Gasteiger partial charge in [0, 0.05) is 18.0 Å². The lowest BCUT2D eigenvalue weighted by molar-refractivity contribution is 0.0348. The molecule has 0 saturated carbocycles. The van der Waals surface area contributed by atoms with E-state index in [1.165, 1.54) is 4.90 Å². The highest BCUT2D eigenvalue weighted by molar-refractivity contribution is 7.98. The monoisotopic (exact) mass is 209 g/mol. The van der Waals surface area contributed by atoms with E-state index in [0.717, 1.165) is 18.8 Å². The van der Waals surface area contributed by atoms with Crippen molar-refractivity contribution in [2.45, 2.75) is 17.4 Å². The molecule has 0 radical (unpaired) electrons. The highest BCUT2D eigenvalue weighted by Gasteiger charge is 2.33. The van der Waals surface area contributed by atoms with Crippen molar-refractivity contribution in [2.75, 3.05) is 19.3 Å². The Morgan fingerprint density at radius 3 is 2.36 bits per heavy atom. The van der Waals surface area contributed by atoms with Gasteiger partial charge in [-0.25, -0.2) is 0 Å². The van der Waals surface area contributed by atoms with Crippen molar-refractivity contribution in [3.05, 3.63) is 24.3 Å². The standard InChI is InChI=1S/C11H15NOS/c1-11(7-12-8-11)13-9-3-5-10(14-2)6-4-9/h3-6,12H,7-8H2,1-2H3. The molecule has 1 fully saturated rings. The van der Waals surface area contributed by atoms with Crippen LogP contribution in [0.5, 0.6) is 5.75 Å². The smallest absolute Gasteiger partial charge is 0.131 e. The maximum atomic E-state index is 5.87. The molecule has 0 aliphatic carbocycles. The van der Waals surface area contributed by atoms with Gasteiger partial charge in [-0.1, -0.05) is 0 Å². The molecule has 1 N–H and O–H groups in total. The summed E-state index contributed by atoms with van der Waals surface area (Å²) in [5.74, 6) is 0.965. The van der Waals surface area contributed by atoms with Crippen LogP contribution in [0.15, 0.2) is 29.2 Å². The summed E-state index contributed by atoms with van der Waals surface area (Å²) in [6.07, 6.45) is 2.08. The molecule has 0 spiro atoms. The SMILES string of the molecule is CSc1ccc(OC2(C)CNC2)cc1. The van der Waals surface area contributed by atoms with Crippen LogP contribution in [-0.4, -0.2) is 24.9 Å². The molecule has 0 atom stereocenters. The molecule has 1 aliphatic rings. The Morgan fingerprint density at radius 1 is 1.29 bits per heavy atom. The zero-order valence-corrected chi connectivity index (χ0v) is 9.36. The van der Waals surface area contributed by atoms with Crippen molar-refractivity contribution in [1.29, 1.82) is 0 Å². The Morgan fingerprint density at radius 2 is 1.93 bits per heavy atom. The molecule has 1 saturated heterocycles. The fourth-order valence-corrected chi connectivity index (χ4v) is 1.89. The molecule has 1 heterocycles. The lowest BCUT2D eigenvalue weighted by atomic mass is 10.00. The maximum Gasteiger partial charge on any atom is 0.131 e. The number of rotatable bonds is 3. The summed E-state index contributed by atoms with van der Waals surface area (Å²) >= 11 is 1.75. The molecule has 0 unspecified atom stereocenters. The third-order valence-electron chi connectivity index (χ3n) is 2.42. The molecule has 2 nitrogen and oxygen atoms in total. The van der Waals surface area contributed by atoms with Gasteiger partial charge >= 0.3 is 0 Å². The first-order valence-corrected chi connectivity index (χ1v) is 5.98. The van der Waals surface area contributed by atoms with E-state index < -0.39 is 0 Å². The summed E-state index contributed by atoms with van der Waals surface area (Å²) in [4.78, 5) is 1.27. The van der Waals surface area contributed by atoms with Gasteiger partial charge in [0.2, 0.25) is 0 Å². The van der Waals surface area contributed by atoms with Crippen molar-refractivity contribution in [3.63, 3.8) is 0 Å². The molecule has 1 aromatic carbocycles. The van der Waals surface area contributed by atoms with Crippen molar-refractivity contribution < 1.29 is 4.74 Å². The van der Waals surface area contributed by atoms with Gasteiger partial charge in [0.05, 0.1) is 0 Å². The summed E-state index contributed by atoms with van der Waals surface area (Å²) in [5.41, 5.74) is 0.000867. The third kappa shape index (κ3) is 2.04. The van der Waals surface area contributed by atoms with Crippen molar-refractivity contribution >= 4 is 11.8 Å². The van der Waals surface area contributed by atoms with E-state index in [1.807, 2.05) is 12.1 Å². The second kappa shape index (κ2) is 3.83. The van der Waals surface area contributed by atoms with Gasteiger partial charge < -0.3 is 10.1 Å². The number of hydrogen-bond donors (Lipinski definition) is 1. The van der Waals surface area contributed by atoms with E-state index >= 15 is 0 Å². The third-order valence-corrected chi connectivity index (χ3v) is 3.17. The molecular formula is C11H15NOS. The minimum atomic E-state index is 0.000867. The van der Waals surface area contributed by atoms with Crippen LogP contribution in [0.4, 0.5) is 0 Å². The summed E-state index contributed by atoms with van der Waals surface area (Å²) < 4.78 is 5.87. The zero-order chi connectivity index (χ0) is 10.0. The zero-order valence-electron chi connectivity index (χ0n) is 8.54. The van der Waals surface area contributed by atoms with Crippen LogP contribution in [0.2, 0.25) is 0 Å². The molecule has 3 heteroatoms. The second-order valence-electron chi connectivity index (χ2n) is 3.83. The number of ether oxygens (including phenoxy) is 1. The molecule has 0 amide bonds. The van der Waals surface area contributed by atoms with E-state index in [9.17, 15) is 0 Å². The Balaban J connectivity index is 2.02. The highest BCUT2D eigenvalue weighted by atomic mass is 32.2. The predicted molar refractivity (Wildman–Crippen MR) is 60.1 cm³/mol. The van der Waals surface area contributed by atoms with Gasteiger partial charge in [0.15, 0.2) is 0 Å². The van der Waals surface area contributed by atoms with Gasteiger partial charge in [0.1, 0.15) is 11.4 Å². The molecule has 76 valence electrons. The number of thioether (sulfide) groups is 1. The second-order valence-corrected chi connectivity index (χ2v) is 4.71. The fraction of sp³-hybridized carbons (Fsp3) is 0.455. The van der Waals surface area contributed by atoms with Gasteiger partial charge in [-0.15, -0.1) is 11.8 Å². The Kier molecular flexibility index (Phi) is 2.70. The first kappa shape index (κ1) is 9.87. The predicted octanol–water partition coefficient (Wildman–Crippen LogP) is 2.15. The molecule has 0 bridgehead atoms. The van der Waals surface area contributed by atoms with E-state index in [1.54, 1.807) is 11.8 Å².